The van der Waals surface area contributed by atoms with E-state index in [1.54, 1.807) is 6.07 Å². The molecule has 0 aliphatic carbocycles. The van der Waals surface area contributed by atoms with E-state index in [9.17, 15) is 19.7 Å². The summed E-state index contributed by atoms with van der Waals surface area (Å²) in [5.74, 6) is -0.818. The highest BCUT2D eigenvalue weighted by molar-refractivity contribution is 5.96. The van der Waals surface area contributed by atoms with Crippen LogP contribution in [0.4, 0.5) is 11.4 Å². The second-order valence-corrected chi connectivity index (χ2v) is 6.08. The molecule has 0 aliphatic heterocycles. The molecule has 0 unspecified atom stereocenters. The van der Waals surface area contributed by atoms with Crippen molar-refractivity contribution >= 4 is 28.3 Å². The van der Waals surface area contributed by atoms with Crippen LogP contribution in [0.25, 0.3) is 11.0 Å². The molecule has 0 saturated heterocycles. The van der Waals surface area contributed by atoms with Crippen molar-refractivity contribution in [1.82, 2.24) is 0 Å². The van der Waals surface area contributed by atoms with Gasteiger partial charge in [0.05, 0.1) is 10.5 Å². The van der Waals surface area contributed by atoms with Gasteiger partial charge in [-0.25, -0.2) is 9.59 Å². The SMILES string of the molecule is Cc1ccc2c(COC(=O)c3cc([N+](=O)[O-])ccc3N)cc(=O)oc2c1C. The van der Waals surface area contributed by atoms with Crippen LogP contribution in [0.2, 0.25) is 0 Å². The summed E-state index contributed by atoms with van der Waals surface area (Å²) in [5, 5.41) is 11.5. The number of anilines is 1. The lowest BCUT2D eigenvalue weighted by Crippen LogP contribution is -2.10. The lowest BCUT2D eigenvalue weighted by Gasteiger charge is -2.10. The van der Waals surface area contributed by atoms with E-state index >= 15 is 0 Å². The molecule has 2 aromatic carbocycles. The van der Waals surface area contributed by atoms with Crippen LogP contribution in [-0.4, -0.2) is 10.9 Å². The third-order valence-electron chi connectivity index (χ3n) is 4.34. The summed E-state index contributed by atoms with van der Waals surface area (Å²) in [4.78, 5) is 34.4. The first-order valence-electron chi connectivity index (χ1n) is 8.02. The number of nitrogen functional groups attached to an aromatic ring is 1. The van der Waals surface area contributed by atoms with Crippen LogP contribution < -0.4 is 11.4 Å². The van der Waals surface area contributed by atoms with Gasteiger partial charge in [0.15, 0.2) is 0 Å². The van der Waals surface area contributed by atoms with Gasteiger partial charge in [-0.05, 0) is 31.0 Å². The molecule has 3 rings (SSSR count). The van der Waals surface area contributed by atoms with Crippen molar-refractivity contribution in [2.75, 3.05) is 5.73 Å². The lowest BCUT2D eigenvalue weighted by molar-refractivity contribution is -0.384. The van der Waals surface area contributed by atoms with Crippen LogP contribution in [0.15, 0.2) is 45.6 Å². The van der Waals surface area contributed by atoms with E-state index in [1.165, 1.54) is 18.2 Å². The number of nitrogens with two attached hydrogens (primary N) is 1. The zero-order valence-corrected chi connectivity index (χ0v) is 14.6. The van der Waals surface area contributed by atoms with Gasteiger partial charge in [-0.1, -0.05) is 12.1 Å². The van der Waals surface area contributed by atoms with Gasteiger partial charge >= 0.3 is 11.6 Å². The average molecular weight is 368 g/mol. The molecule has 2 N–H and O–H groups in total. The third-order valence-corrected chi connectivity index (χ3v) is 4.34. The highest BCUT2D eigenvalue weighted by atomic mass is 16.6. The number of rotatable bonds is 4. The van der Waals surface area contributed by atoms with Crippen molar-refractivity contribution in [3.05, 3.63) is 79.2 Å². The molecular formula is C19H16N2O6. The second-order valence-electron chi connectivity index (χ2n) is 6.08. The second kappa shape index (κ2) is 6.91. The Kier molecular flexibility index (Phi) is 4.64. The lowest BCUT2D eigenvalue weighted by atomic mass is 10.0. The van der Waals surface area contributed by atoms with E-state index in [4.69, 9.17) is 14.9 Å². The van der Waals surface area contributed by atoms with E-state index in [-0.39, 0.29) is 23.5 Å². The zero-order chi connectivity index (χ0) is 19.7. The minimum Gasteiger partial charge on any atom is -0.457 e. The Morgan fingerprint density at radius 2 is 1.96 bits per heavy atom. The van der Waals surface area contributed by atoms with Crippen LogP contribution in [-0.2, 0) is 11.3 Å². The largest absolute Gasteiger partial charge is 0.457 e. The van der Waals surface area contributed by atoms with Gasteiger partial charge < -0.3 is 14.9 Å². The van der Waals surface area contributed by atoms with Gasteiger partial charge in [0, 0.05) is 34.8 Å². The fourth-order valence-electron chi connectivity index (χ4n) is 2.70. The number of esters is 1. The number of hydrogen-bond acceptors (Lipinski definition) is 7. The normalized spacial score (nSPS) is 10.7. The number of fused-ring (bicyclic) bond motifs is 1. The van der Waals surface area contributed by atoms with Crippen molar-refractivity contribution in [2.45, 2.75) is 20.5 Å². The van der Waals surface area contributed by atoms with E-state index in [0.717, 1.165) is 17.2 Å². The van der Waals surface area contributed by atoms with Crippen molar-refractivity contribution in [2.24, 2.45) is 0 Å². The fraction of sp³-hybridized carbons (Fsp3) is 0.158. The van der Waals surface area contributed by atoms with Crippen molar-refractivity contribution < 1.29 is 18.9 Å². The molecule has 8 nitrogen and oxygen atoms in total. The van der Waals surface area contributed by atoms with Crippen molar-refractivity contribution in [1.29, 1.82) is 0 Å². The quantitative estimate of drug-likeness (QED) is 0.246. The standard InChI is InChI=1S/C19H16N2O6/c1-10-3-5-14-12(7-17(22)27-18(14)11(10)2)9-26-19(23)15-8-13(21(24)25)4-6-16(15)20/h3-8H,9,20H2,1-2H3. The van der Waals surface area contributed by atoms with Crippen LogP contribution in [0.5, 0.6) is 0 Å². The van der Waals surface area contributed by atoms with Gasteiger partial charge in [0.1, 0.15) is 12.2 Å². The summed E-state index contributed by atoms with van der Waals surface area (Å²) >= 11 is 0. The number of aryl methyl sites for hydroxylation is 2. The van der Waals surface area contributed by atoms with Gasteiger partial charge in [0.25, 0.3) is 5.69 Å². The molecule has 0 radical (unpaired) electrons. The molecule has 138 valence electrons. The number of non-ortho nitro benzene ring substituents is 1. The maximum Gasteiger partial charge on any atom is 0.340 e. The Morgan fingerprint density at radius 3 is 2.67 bits per heavy atom. The Balaban J connectivity index is 1.93. The van der Waals surface area contributed by atoms with Crippen LogP contribution >= 0.6 is 0 Å². The number of nitro groups is 1. The number of nitro benzene ring substituents is 1. The summed E-state index contributed by atoms with van der Waals surface area (Å²) in [7, 11) is 0. The Morgan fingerprint density at radius 1 is 1.22 bits per heavy atom. The molecule has 0 saturated carbocycles. The van der Waals surface area contributed by atoms with Gasteiger partial charge in [0.2, 0.25) is 0 Å². The Hall–Kier alpha value is -3.68. The van der Waals surface area contributed by atoms with Crippen LogP contribution in [0.3, 0.4) is 0 Å². The number of carbonyl (C=O) groups is 1. The molecule has 0 bridgehead atoms. The minimum atomic E-state index is -0.818. The number of hydrogen-bond donors (Lipinski definition) is 1. The predicted molar refractivity (Wildman–Crippen MR) is 98.6 cm³/mol. The van der Waals surface area contributed by atoms with Gasteiger partial charge in [-0.15, -0.1) is 0 Å². The molecule has 1 aromatic heterocycles. The first kappa shape index (κ1) is 18.1. The monoisotopic (exact) mass is 368 g/mol. The topological polar surface area (TPSA) is 126 Å². The molecule has 0 amide bonds. The molecule has 3 aromatic rings. The molecule has 0 spiro atoms. The highest BCUT2D eigenvalue weighted by Gasteiger charge is 2.18. The number of benzene rings is 2. The van der Waals surface area contributed by atoms with Crippen LogP contribution in [0.1, 0.15) is 27.0 Å². The maximum absolute atomic E-state index is 12.3. The molecule has 0 aliphatic rings. The summed E-state index contributed by atoms with van der Waals surface area (Å²) < 4.78 is 10.5. The van der Waals surface area contributed by atoms with E-state index in [2.05, 4.69) is 0 Å². The van der Waals surface area contributed by atoms with E-state index < -0.39 is 16.5 Å². The molecule has 27 heavy (non-hydrogen) atoms. The average Bonchev–Trinajstić information content (AvgIpc) is 2.63. The number of nitrogens with zero attached hydrogens (tertiary/aromatic N) is 1. The Bertz CT molecular complexity index is 1130. The molecule has 0 atom stereocenters. The molecule has 0 fully saturated rings. The highest BCUT2D eigenvalue weighted by Crippen LogP contribution is 2.25. The number of ether oxygens (including phenoxy) is 1. The summed E-state index contributed by atoms with van der Waals surface area (Å²) in [6.07, 6.45) is 0. The molecule has 8 heteroatoms. The van der Waals surface area contributed by atoms with Crippen molar-refractivity contribution in [3.8, 4) is 0 Å². The summed E-state index contributed by atoms with van der Waals surface area (Å²) in [6, 6.07) is 8.44. The van der Waals surface area contributed by atoms with E-state index in [0.29, 0.717) is 16.5 Å². The summed E-state index contributed by atoms with van der Waals surface area (Å²) in [5.41, 5.74) is 7.54. The first-order valence-corrected chi connectivity index (χ1v) is 8.02. The number of carbonyl (C=O) groups excluding carboxylic acids is 1. The van der Waals surface area contributed by atoms with Gasteiger partial charge in [-0.3, -0.25) is 10.1 Å². The molecular weight excluding hydrogens is 352 g/mol. The smallest absolute Gasteiger partial charge is 0.340 e. The maximum atomic E-state index is 12.3. The van der Waals surface area contributed by atoms with E-state index in [1.807, 2.05) is 19.9 Å². The van der Waals surface area contributed by atoms with Crippen molar-refractivity contribution in [3.63, 3.8) is 0 Å². The fourth-order valence-corrected chi connectivity index (χ4v) is 2.70. The van der Waals surface area contributed by atoms with Gasteiger partial charge in [-0.2, -0.15) is 0 Å². The molecule has 1 heterocycles. The minimum absolute atomic E-state index is 0.0644. The predicted octanol–water partition coefficient (Wildman–Crippen LogP) is 3.26. The summed E-state index contributed by atoms with van der Waals surface area (Å²) in [6.45, 7) is 3.53. The zero-order valence-electron chi connectivity index (χ0n) is 14.6. The third kappa shape index (κ3) is 3.50. The first-order chi connectivity index (χ1) is 12.8. The Labute approximate surface area is 153 Å². The van der Waals surface area contributed by atoms with Crippen LogP contribution in [0, 0.1) is 24.0 Å².